The molecule has 0 aromatic carbocycles. The lowest BCUT2D eigenvalue weighted by molar-refractivity contribution is -0.191. The zero-order chi connectivity index (χ0) is 14.3. The third-order valence-corrected chi connectivity index (χ3v) is 5.18. The molecule has 0 aliphatic carbocycles. The molecule has 18 heavy (non-hydrogen) atoms. The SMILES string of the molecule is CCSC(SCC)[C@@H](O)[C@@](O)(C(=O)OC)[C@@H](C)O. The summed E-state index contributed by atoms with van der Waals surface area (Å²) >= 11 is 2.83. The fourth-order valence-corrected chi connectivity index (χ4v) is 4.11. The molecule has 3 N–H and O–H groups in total. The number of carbonyl (C=O) groups is 1. The normalized spacial score (nSPS) is 18.2. The van der Waals surface area contributed by atoms with Crippen molar-refractivity contribution in [2.75, 3.05) is 18.6 Å². The van der Waals surface area contributed by atoms with E-state index in [0.717, 1.165) is 18.6 Å². The van der Waals surface area contributed by atoms with Crippen LogP contribution in [-0.4, -0.2) is 62.3 Å². The van der Waals surface area contributed by atoms with E-state index in [-0.39, 0.29) is 0 Å². The third-order valence-electron chi connectivity index (χ3n) is 2.52. The van der Waals surface area contributed by atoms with Crippen LogP contribution in [0.25, 0.3) is 0 Å². The van der Waals surface area contributed by atoms with E-state index in [1.54, 1.807) is 0 Å². The molecule has 5 nitrogen and oxygen atoms in total. The van der Waals surface area contributed by atoms with Crippen LogP contribution in [0.5, 0.6) is 0 Å². The van der Waals surface area contributed by atoms with Crippen molar-refractivity contribution in [3.05, 3.63) is 0 Å². The molecule has 0 rings (SSSR count). The number of rotatable bonds is 8. The van der Waals surface area contributed by atoms with Gasteiger partial charge in [-0.05, 0) is 18.4 Å². The topological polar surface area (TPSA) is 87.0 Å². The number of methoxy groups -OCH3 is 1. The molecule has 0 aliphatic rings. The highest BCUT2D eigenvalue weighted by molar-refractivity contribution is 8.17. The maximum Gasteiger partial charge on any atom is 0.343 e. The first-order valence-electron chi connectivity index (χ1n) is 5.76. The van der Waals surface area contributed by atoms with E-state index >= 15 is 0 Å². The van der Waals surface area contributed by atoms with Crippen LogP contribution in [0.3, 0.4) is 0 Å². The molecular formula is C11H22O5S2. The van der Waals surface area contributed by atoms with Gasteiger partial charge in [0.2, 0.25) is 5.60 Å². The van der Waals surface area contributed by atoms with Crippen LogP contribution in [0.2, 0.25) is 0 Å². The Bertz CT molecular complexity index is 256. The first-order valence-corrected chi connectivity index (χ1v) is 7.86. The Labute approximate surface area is 116 Å². The molecule has 0 aromatic heterocycles. The van der Waals surface area contributed by atoms with E-state index in [9.17, 15) is 20.1 Å². The average molecular weight is 298 g/mol. The zero-order valence-corrected chi connectivity index (χ0v) is 12.8. The Kier molecular flexibility index (Phi) is 8.29. The Hall–Kier alpha value is 0.0500. The standard InChI is InChI=1S/C11H22O5S2/c1-5-17-9(18-6-2)8(13)11(15,7(3)12)10(14)16-4/h7-9,12-13,15H,5-6H2,1-4H3/t7-,8-,11-/m1/s1. The van der Waals surface area contributed by atoms with Crippen molar-refractivity contribution in [1.29, 1.82) is 0 Å². The second-order valence-corrected chi connectivity index (χ2v) is 6.85. The molecule has 0 saturated heterocycles. The Balaban J connectivity index is 5.14. The highest BCUT2D eigenvalue weighted by Crippen LogP contribution is 2.33. The van der Waals surface area contributed by atoms with E-state index in [1.807, 2.05) is 13.8 Å². The van der Waals surface area contributed by atoms with Gasteiger partial charge in [-0.3, -0.25) is 0 Å². The van der Waals surface area contributed by atoms with Gasteiger partial charge in [-0.1, -0.05) is 13.8 Å². The molecule has 0 amide bonds. The fourth-order valence-electron chi connectivity index (χ4n) is 1.47. The summed E-state index contributed by atoms with van der Waals surface area (Å²) < 4.78 is 4.07. The van der Waals surface area contributed by atoms with E-state index in [0.29, 0.717) is 0 Å². The van der Waals surface area contributed by atoms with Crippen molar-refractivity contribution >= 4 is 29.5 Å². The second-order valence-electron chi connectivity index (χ2n) is 3.72. The zero-order valence-electron chi connectivity index (χ0n) is 11.1. The molecule has 108 valence electrons. The van der Waals surface area contributed by atoms with Gasteiger partial charge in [-0.25, -0.2) is 4.79 Å². The van der Waals surface area contributed by atoms with Gasteiger partial charge in [-0.15, -0.1) is 23.5 Å². The van der Waals surface area contributed by atoms with E-state index in [2.05, 4.69) is 4.74 Å². The van der Waals surface area contributed by atoms with Crippen molar-refractivity contribution in [3.63, 3.8) is 0 Å². The molecular weight excluding hydrogens is 276 g/mol. The highest BCUT2D eigenvalue weighted by atomic mass is 32.2. The summed E-state index contributed by atoms with van der Waals surface area (Å²) in [6, 6.07) is 0. The minimum Gasteiger partial charge on any atom is -0.467 e. The summed E-state index contributed by atoms with van der Waals surface area (Å²) in [7, 11) is 1.11. The van der Waals surface area contributed by atoms with Crippen molar-refractivity contribution in [1.82, 2.24) is 0 Å². The predicted octanol–water partition coefficient (Wildman–Crippen LogP) is 0.465. The molecule has 7 heteroatoms. The van der Waals surface area contributed by atoms with Gasteiger partial charge in [0, 0.05) is 0 Å². The summed E-state index contributed by atoms with van der Waals surface area (Å²) in [5.74, 6) is 0.431. The minimum absolute atomic E-state index is 0.404. The van der Waals surface area contributed by atoms with Crippen LogP contribution in [0, 0.1) is 0 Å². The van der Waals surface area contributed by atoms with Gasteiger partial charge in [-0.2, -0.15) is 0 Å². The van der Waals surface area contributed by atoms with Crippen LogP contribution < -0.4 is 0 Å². The number of esters is 1. The Morgan fingerprint density at radius 1 is 1.28 bits per heavy atom. The van der Waals surface area contributed by atoms with Crippen LogP contribution in [-0.2, 0) is 9.53 Å². The Morgan fingerprint density at radius 2 is 1.72 bits per heavy atom. The molecule has 3 atom stereocenters. The van der Waals surface area contributed by atoms with Crippen molar-refractivity contribution in [2.45, 2.75) is 43.2 Å². The van der Waals surface area contributed by atoms with E-state index in [1.165, 1.54) is 30.4 Å². The molecule has 0 radical (unpaired) electrons. The molecule has 0 aromatic rings. The van der Waals surface area contributed by atoms with Crippen LogP contribution in [0.1, 0.15) is 20.8 Å². The monoisotopic (exact) mass is 298 g/mol. The lowest BCUT2D eigenvalue weighted by Crippen LogP contribution is -2.60. The van der Waals surface area contributed by atoms with E-state index < -0.39 is 28.4 Å². The largest absolute Gasteiger partial charge is 0.467 e. The number of ether oxygens (including phenoxy) is 1. The summed E-state index contributed by atoms with van der Waals surface area (Å²) in [5.41, 5.74) is -2.30. The summed E-state index contributed by atoms with van der Waals surface area (Å²) in [4.78, 5) is 11.6. The van der Waals surface area contributed by atoms with E-state index in [4.69, 9.17) is 0 Å². The van der Waals surface area contributed by atoms with Gasteiger partial charge in [0.15, 0.2) is 0 Å². The number of thioether (sulfide) groups is 2. The maximum absolute atomic E-state index is 11.6. The lowest BCUT2D eigenvalue weighted by atomic mass is 9.92. The van der Waals surface area contributed by atoms with Gasteiger partial charge in [0.05, 0.1) is 17.8 Å². The molecule has 0 saturated carbocycles. The lowest BCUT2D eigenvalue weighted by Gasteiger charge is -2.36. The number of aliphatic hydroxyl groups is 3. The average Bonchev–Trinajstić information content (AvgIpc) is 2.35. The van der Waals surface area contributed by atoms with Crippen LogP contribution in [0.15, 0.2) is 0 Å². The van der Waals surface area contributed by atoms with Gasteiger partial charge >= 0.3 is 5.97 Å². The van der Waals surface area contributed by atoms with Crippen LogP contribution in [0.4, 0.5) is 0 Å². The second kappa shape index (κ2) is 8.27. The summed E-state index contributed by atoms with van der Waals surface area (Å²) in [6.07, 6.45) is -2.82. The quantitative estimate of drug-likeness (QED) is 0.443. The molecule has 0 aliphatic heterocycles. The van der Waals surface area contributed by atoms with Gasteiger partial charge in [0.25, 0.3) is 0 Å². The number of aliphatic hydroxyl groups excluding tert-OH is 2. The maximum atomic E-state index is 11.6. The van der Waals surface area contributed by atoms with Gasteiger partial charge < -0.3 is 20.1 Å². The Morgan fingerprint density at radius 3 is 2.00 bits per heavy atom. The van der Waals surface area contributed by atoms with Crippen molar-refractivity contribution < 1.29 is 24.9 Å². The molecule has 0 heterocycles. The molecule has 0 bridgehead atoms. The predicted molar refractivity (Wildman–Crippen MR) is 74.7 cm³/mol. The third kappa shape index (κ3) is 4.03. The van der Waals surface area contributed by atoms with Crippen molar-refractivity contribution in [2.24, 2.45) is 0 Å². The highest BCUT2D eigenvalue weighted by Gasteiger charge is 2.52. The molecule has 0 fully saturated rings. The van der Waals surface area contributed by atoms with Crippen LogP contribution >= 0.6 is 23.5 Å². The molecule has 0 spiro atoms. The minimum atomic E-state index is -2.30. The fraction of sp³-hybridized carbons (Fsp3) is 0.909. The number of carbonyl (C=O) groups excluding carboxylic acids is 1. The number of hydrogen-bond donors (Lipinski definition) is 3. The van der Waals surface area contributed by atoms with Crippen molar-refractivity contribution in [3.8, 4) is 0 Å². The number of hydrogen-bond acceptors (Lipinski definition) is 7. The summed E-state index contributed by atoms with van der Waals surface area (Å²) in [6.45, 7) is 5.09. The first kappa shape index (κ1) is 18.0. The smallest absolute Gasteiger partial charge is 0.343 e. The summed E-state index contributed by atoms with van der Waals surface area (Å²) in [5, 5.41) is 30.1. The molecule has 0 unspecified atom stereocenters. The van der Waals surface area contributed by atoms with Gasteiger partial charge in [0.1, 0.15) is 6.10 Å². The first-order chi connectivity index (χ1) is 8.35.